The van der Waals surface area contributed by atoms with E-state index in [4.69, 9.17) is 5.21 Å². The number of carbonyl (C=O) groups excluding carboxylic acids is 1. The average Bonchev–Trinajstić information content (AvgIpc) is 2.39. The van der Waals surface area contributed by atoms with Crippen molar-refractivity contribution in [2.24, 2.45) is 5.16 Å². The van der Waals surface area contributed by atoms with Crippen LogP contribution in [0, 0.1) is 0 Å². The Bertz CT molecular complexity index is 401. The molecule has 1 aliphatic heterocycles. The highest BCUT2D eigenvalue weighted by Crippen LogP contribution is 2.22. The summed E-state index contributed by atoms with van der Waals surface area (Å²) in [5, 5.41) is 11.7. The van der Waals surface area contributed by atoms with Crippen molar-refractivity contribution in [2.75, 3.05) is 5.75 Å². The Morgan fingerprint density at radius 1 is 1.29 bits per heavy atom. The summed E-state index contributed by atoms with van der Waals surface area (Å²) in [7, 11) is 0. The third-order valence-corrected chi connectivity index (χ3v) is 3.13. The van der Waals surface area contributed by atoms with Gasteiger partial charge in [0.15, 0.2) is 0 Å². The first-order chi connectivity index (χ1) is 6.83. The molecule has 3 nitrogen and oxygen atoms in total. The van der Waals surface area contributed by atoms with Crippen LogP contribution >= 0.6 is 11.8 Å². The fourth-order valence-corrected chi connectivity index (χ4v) is 2.38. The normalized spacial score (nSPS) is 19.1. The minimum atomic E-state index is -0.159. The Morgan fingerprint density at radius 2 is 2.07 bits per heavy atom. The highest BCUT2D eigenvalue weighted by Gasteiger charge is 2.21. The first-order valence-corrected chi connectivity index (χ1v) is 5.39. The second-order valence-corrected chi connectivity index (χ2v) is 4.01. The van der Waals surface area contributed by atoms with Crippen molar-refractivity contribution in [3.05, 3.63) is 35.4 Å². The van der Waals surface area contributed by atoms with E-state index >= 15 is 0 Å². The summed E-state index contributed by atoms with van der Waals surface area (Å²) in [6.07, 6.45) is 0. The van der Waals surface area contributed by atoms with E-state index in [0.717, 1.165) is 11.3 Å². The van der Waals surface area contributed by atoms with E-state index in [1.807, 2.05) is 18.2 Å². The molecule has 0 unspecified atom stereocenters. The van der Waals surface area contributed by atoms with Gasteiger partial charge in [0.25, 0.3) is 0 Å². The molecule has 1 aliphatic rings. The number of carbonyl (C=O) groups is 1. The lowest BCUT2D eigenvalue weighted by atomic mass is 10.0. The summed E-state index contributed by atoms with van der Waals surface area (Å²) >= 11 is 1.58. The Morgan fingerprint density at radius 3 is 2.86 bits per heavy atom. The molecule has 14 heavy (non-hydrogen) atoms. The number of rotatable bonds is 0. The quantitative estimate of drug-likeness (QED) is 0.522. The largest absolute Gasteiger partial charge is 0.411 e. The minimum Gasteiger partial charge on any atom is -0.411 e. The second kappa shape index (κ2) is 3.84. The predicted molar refractivity (Wildman–Crippen MR) is 56.2 cm³/mol. The highest BCUT2D eigenvalue weighted by molar-refractivity contribution is 7.99. The zero-order valence-corrected chi connectivity index (χ0v) is 8.25. The molecular formula is C10H9NO2S. The van der Waals surface area contributed by atoms with Crippen LogP contribution in [0.2, 0.25) is 0 Å². The molecule has 4 heteroatoms. The van der Waals surface area contributed by atoms with Gasteiger partial charge in [-0.25, -0.2) is 0 Å². The van der Waals surface area contributed by atoms with E-state index in [2.05, 4.69) is 5.16 Å². The zero-order chi connectivity index (χ0) is 9.97. The molecule has 0 aromatic heterocycles. The second-order valence-electron chi connectivity index (χ2n) is 3.03. The van der Waals surface area contributed by atoms with Gasteiger partial charge >= 0.3 is 0 Å². The maximum absolute atomic E-state index is 11.8. The van der Waals surface area contributed by atoms with Crippen LogP contribution in [0.25, 0.3) is 0 Å². The summed E-state index contributed by atoms with van der Waals surface area (Å²) in [6, 6.07) is 7.44. The van der Waals surface area contributed by atoms with E-state index in [-0.39, 0.29) is 11.5 Å². The number of ketones is 1. The first kappa shape index (κ1) is 9.27. The van der Waals surface area contributed by atoms with Crippen LogP contribution in [0.4, 0.5) is 0 Å². The van der Waals surface area contributed by atoms with Crippen molar-refractivity contribution in [1.29, 1.82) is 0 Å². The van der Waals surface area contributed by atoms with E-state index in [1.165, 1.54) is 0 Å². The number of nitrogens with zero attached hydrogens (tertiary/aromatic N) is 1. The molecule has 0 spiro atoms. The van der Waals surface area contributed by atoms with Crippen molar-refractivity contribution in [2.45, 2.75) is 5.75 Å². The Balaban J connectivity index is 2.50. The molecule has 1 aromatic carbocycles. The summed E-state index contributed by atoms with van der Waals surface area (Å²) in [5.41, 5.74) is 1.91. The van der Waals surface area contributed by atoms with Crippen LogP contribution in [0.15, 0.2) is 29.4 Å². The molecule has 0 radical (unpaired) electrons. The van der Waals surface area contributed by atoms with Gasteiger partial charge in [-0.1, -0.05) is 29.4 Å². The average molecular weight is 207 g/mol. The van der Waals surface area contributed by atoms with Crippen molar-refractivity contribution < 1.29 is 10.0 Å². The lowest BCUT2D eigenvalue weighted by Crippen LogP contribution is -2.15. The lowest BCUT2D eigenvalue weighted by molar-refractivity contribution is 0.106. The molecule has 1 aromatic rings. The van der Waals surface area contributed by atoms with Crippen LogP contribution in [-0.2, 0) is 5.75 Å². The number of hydrogen-bond donors (Lipinski definition) is 1. The smallest absolute Gasteiger partial charge is 0.211 e. The van der Waals surface area contributed by atoms with Gasteiger partial charge in [0, 0.05) is 17.1 Å². The molecule has 2 rings (SSSR count). The molecule has 0 atom stereocenters. The molecule has 1 heterocycles. The van der Waals surface area contributed by atoms with E-state index in [0.29, 0.717) is 11.3 Å². The molecule has 72 valence electrons. The monoisotopic (exact) mass is 207 g/mol. The molecular weight excluding hydrogens is 198 g/mol. The van der Waals surface area contributed by atoms with E-state index in [9.17, 15) is 4.79 Å². The topological polar surface area (TPSA) is 49.7 Å². The van der Waals surface area contributed by atoms with Crippen LogP contribution in [-0.4, -0.2) is 22.5 Å². The molecule has 0 fully saturated rings. The summed E-state index contributed by atoms with van der Waals surface area (Å²) in [6.45, 7) is 0. The van der Waals surface area contributed by atoms with Gasteiger partial charge in [-0.15, -0.1) is 0 Å². The number of fused-ring (bicyclic) bond motifs is 1. The highest BCUT2D eigenvalue weighted by atomic mass is 32.2. The van der Waals surface area contributed by atoms with Crippen molar-refractivity contribution in [1.82, 2.24) is 0 Å². The molecule has 0 saturated heterocycles. The predicted octanol–water partition coefficient (Wildman–Crippen LogP) is 1.95. The summed E-state index contributed by atoms with van der Waals surface area (Å²) in [4.78, 5) is 11.8. The van der Waals surface area contributed by atoms with Gasteiger partial charge in [-0.2, -0.15) is 11.8 Å². The van der Waals surface area contributed by atoms with E-state index < -0.39 is 0 Å². The van der Waals surface area contributed by atoms with Crippen molar-refractivity contribution >= 4 is 23.3 Å². The Hall–Kier alpha value is -1.29. The molecule has 0 bridgehead atoms. The maximum Gasteiger partial charge on any atom is 0.211 e. The number of oxime groups is 1. The van der Waals surface area contributed by atoms with E-state index in [1.54, 1.807) is 17.8 Å². The number of Topliss-reactive ketones (excluding diaryl/α,β-unsaturated/α-hetero) is 1. The standard InChI is InChI=1S/C10H9NO2S/c12-10-8-4-2-1-3-7(8)5-14-6-9(10)11-13/h1-4,13H,5-6H2/b11-9+. The Kier molecular flexibility index (Phi) is 2.54. The third-order valence-electron chi connectivity index (χ3n) is 2.14. The van der Waals surface area contributed by atoms with Crippen LogP contribution in [0.1, 0.15) is 15.9 Å². The van der Waals surface area contributed by atoms with Gasteiger partial charge in [-0.05, 0) is 5.56 Å². The maximum atomic E-state index is 11.8. The van der Waals surface area contributed by atoms with Gasteiger partial charge < -0.3 is 5.21 Å². The zero-order valence-electron chi connectivity index (χ0n) is 7.43. The van der Waals surface area contributed by atoms with Crippen LogP contribution in [0.3, 0.4) is 0 Å². The van der Waals surface area contributed by atoms with Gasteiger partial charge in [0.1, 0.15) is 5.71 Å². The molecule has 0 aliphatic carbocycles. The number of hydrogen-bond acceptors (Lipinski definition) is 4. The Labute approximate surface area is 85.8 Å². The molecule has 1 N–H and O–H groups in total. The summed E-state index contributed by atoms with van der Waals surface area (Å²) < 4.78 is 0. The molecule has 0 saturated carbocycles. The molecule has 0 amide bonds. The van der Waals surface area contributed by atoms with Gasteiger partial charge in [0.05, 0.1) is 0 Å². The van der Waals surface area contributed by atoms with Crippen molar-refractivity contribution in [3.63, 3.8) is 0 Å². The third kappa shape index (κ3) is 1.53. The van der Waals surface area contributed by atoms with Gasteiger partial charge in [0.2, 0.25) is 5.78 Å². The van der Waals surface area contributed by atoms with Crippen LogP contribution in [0.5, 0.6) is 0 Å². The first-order valence-electron chi connectivity index (χ1n) is 4.24. The fraction of sp³-hybridized carbons (Fsp3) is 0.200. The van der Waals surface area contributed by atoms with Crippen molar-refractivity contribution in [3.8, 4) is 0 Å². The number of thioether (sulfide) groups is 1. The minimum absolute atomic E-state index is 0.159. The fourth-order valence-electron chi connectivity index (χ4n) is 1.42. The SMILES string of the molecule is O=C1/C(=N/O)CSCc2ccccc21. The number of benzene rings is 1. The van der Waals surface area contributed by atoms with Crippen LogP contribution < -0.4 is 0 Å². The lowest BCUT2D eigenvalue weighted by Gasteiger charge is -2.01. The van der Waals surface area contributed by atoms with Gasteiger partial charge in [-0.3, -0.25) is 4.79 Å². The summed E-state index contributed by atoms with van der Waals surface area (Å²) in [5.74, 6) is 1.11.